The standard InChI is InChI=1S/C19H25NO/c1-13(2)21-18-8-9-19(16(5)11-18)20-12-17-10-14(3)6-7-15(17)4/h6-11,13,20H,12H2,1-5H3. The van der Waals surface area contributed by atoms with Crippen molar-refractivity contribution in [3.63, 3.8) is 0 Å². The smallest absolute Gasteiger partial charge is 0.120 e. The molecule has 1 N–H and O–H groups in total. The van der Waals surface area contributed by atoms with Crippen LogP contribution in [-0.2, 0) is 6.54 Å². The van der Waals surface area contributed by atoms with Crippen LogP contribution in [0.15, 0.2) is 36.4 Å². The third-order valence-electron chi connectivity index (χ3n) is 3.54. The van der Waals surface area contributed by atoms with Crippen LogP contribution in [0.5, 0.6) is 5.75 Å². The first-order chi connectivity index (χ1) is 9.95. The maximum Gasteiger partial charge on any atom is 0.120 e. The Bertz CT molecular complexity index is 617. The van der Waals surface area contributed by atoms with E-state index in [0.717, 1.165) is 18.0 Å². The quantitative estimate of drug-likeness (QED) is 0.832. The van der Waals surface area contributed by atoms with E-state index in [4.69, 9.17) is 4.74 Å². The van der Waals surface area contributed by atoms with E-state index in [1.54, 1.807) is 0 Å². The number of hydrogen-bond acceptors (Lipinski definition) is 2. The zero-order chi connectivity index (χ0) is 15.4. The molecule has 0 spiro atoms. The van der Waals surface area contributed by atoms with Crippen LogP contribution >= 0.6 is 0 Å². The van der Waals surface area contributed by atoms with E-state index >= 15 is 0 Å². The molecule has 2 heteroatoms. The minimum atomic E-state index is 0.207. The van der Waals surface area contributed by atoms with Crippen molar-refractivity contribution in [1.29, 1.82) is 0 Å². The Kier molecular flexibility index (Phi) is 4.89. The number of ether oxygens (including phenoxy) is 1. The Labute approximate surface area is 128 Å². The highest BCUT2D eigenvalue weighted by Crippen LogP contribution is 2.23. The van der Waals surface area contributed by atoms with Crippen LogP contribution in [0.1, 0.15) is 36.1 Å². The average molecular weight is 283 g/mol. The summed E-state index contributed by atoms with van der Waals surface area (Å²) in [6.07, 6.45) is 0.207. The van der Waals surface area contributed by atoms with Crippen LogP contribution in [0.25, 0.3) is 0 Å². The lowest BCUT2D eigenvalue weighted by molar-refractivity contribution is 0.242. The second-order valence-corrected chi connectivity index (χ2v) is 5.93. The lowest BCUT2D eigenvalue weighted by atomic mass is 10.1. The Morgan fingerprint density at radius 3 is 2.38 bits per heavy atom. The van der Waals surface area contributed by atoms with Crippen molar-refractivity contribution >= 4 is 5.69 Å². The van der Waals surface area contributed by atoms with Gasteiger partial charge in [-0.3, -0.25) is 0 Å². The minimum Gasteiger partial charge on any atom is -0.491 e. The largest absolute Gasteiger partial charge is 0.491 e. The van der Waals surface area contributed by atoms with E-state index in [1.165, 1.54) is 22.3 Å². The van der Waals surface area contributed by atoms with Gasteiger partial charge in [0, 0.05) is 12.2 Å². The fraction of sp³-hybridized carbons (Fsp3) is 0.368. The highest BCUT2D eigenvalue weighted by atomic mass is 16.5. The van der Waals surface area contributed by atoms with Gasteiger partial charge in [0.25, 0.3) is 0 Å². The summed E-state index contributed by atoms with van der Waals surface area (Å²) in [7, 11) is 0. The summed E-state index contributed by atoms with van der Waals surface area (Å²) in [6, 6.07) is 12.8. The average Bonchev–Trinajstić information content (AvgIpc) is 2.41. The fourth-order valence-corrected chi connectivity index (χ4v) is 2.36. The Hall–Kier alpha value is -1.96. The molecule has 0 heterocycles. The molecule has 0 aliphatic rings. The lowest BCUT2D eigenvalue weighted by Crippen LogP contribution is -2.07. The third kappa shape index (κ3) is 4.25. The normalized spacial score (nSPS) is 10.8. The topological polar surface area (TPSA) is 21.3 Å². The molecular weight excluding hydrogens is 258 g/mol. The SMILES string of the molecule is Cc1ccc(C)c(CNc2ccc(OC(C)C)cc2C)c1. The number of anilines is 1. The Morgan fingerprint density at radius 2 is 1.71 bits per heavy atom. The summed E-state index contributed by atoms with van der Waals surface area (Å²) >= 11 is 0. The lowest BCUT2D eigenvalue weighted by Gasteiger charge is -2.15. The Morgan fingerprint density at radius 1 is 0.952 bits per heavy atom. The summed E-state index contributed by atoms with van der Waals surface area (Å²) in [5, 5.41) is 3.52. The maximum atomic E-state index is 5.72. The maximum absolute atomic E-state index is 5.72. The van der Waals surface area contributed by atoms with Crippen LogP contribution in [0.3, 0.4) is 0 Å². The van der Waals surface area contributed by atoms with Crippen LogP contribution in [0.2, 0.25) is 0 Å². The number of hydrogen-bond donors (Lipinski definition) is 1. The van der Waals surface area contributed by atoms with Crippen molar-refractivity contribution in [2.45, 2.75) is 47.3 Å². The van der Waals surface area contributed by atoms with Crippen molar-refractivity contribution in [1.82, 2.24) is 0 Å². The van der Waals surface area contributed by atoms with Crippen molar-refractivity contribution in [2.75, 3.05) is 5.32 Å². The summed E-state index contributed by atoms with van der Waals surface area (Å²) in [5.74, 6) is 0.930. The van der Waals surface area contributed by atoms with Crippen molar-refractivity contribution < 1.29 is 4.74 Å². The van der Waals surface area contributed by atoms with Crippen molar-refractivity contribution in [3.05, 3.63) is 58.7 Å². The molecule has 0 unspecified atom stereocenters. The number of rotatable bonds is 5. The molecule has 0 fully saturated rings. The summed E-state index contributed by atoms with van der Waals surface area (Å²) in [4.78, 5) is 0. The van der Waals surface area contributed by atoms with E-state index in [9.17, 15) is 0 Å². The highest BCUT2D eigenvalue weighted by molar-refractivity contribution is 5.54. The van der Waals surface area contributed by atoms with E-state index in [-0.39, 0.29) is 6.10 Å². The zero-order valence-corrected chi connectivity index (χ0v) is 13.7. The van der Waals surface area contributed by atoms with E-state index in [2.05, 4.69) is 56.4 Å². The zero-order valence-electron chi connectivity index (χ0n) is 13.7. The van der Waals surface area contributed by atoms with E-state index in [0.29, 0.717) is 0 Å². The molecule has 0 amide bonds. The van der Waals surface area contributed by atoms with Gasteiger partial charge in [0.1, 0.15) is 5.75 Å². The van der Waals surface area contributed by atoms with Gasteiger partial charge in [-0.2, -0.15) is 0 Å². The molecule has 0 aliphatic carbocycles. The van der Waals surface area contributed by atoms with E-state index in [1.807, 2.05) is 19.9 Å². The molecule has 0 radical (unpaired) electrons. The summed E-state index contributed by atoms with van der Waals surface area (Å²) < 4.78 is 5.72. The van der Waals surface area contributed by atoms with Crippen molar-refractivity contribution in [2.24, 2.45) is 0 Å². The third-order valence-corrected chi connectivity index (χ3v) is 3.54. The van der Waals surface area contributed by atoms with Gasteiger partial charge in [-0.25, -0.2) is 0 Å². The van der Waals surface area contributed by atoms with Crippen LogP contribution in [0.4, 0.5) is 5.69 Å². The Balaban J connectivity index is 2.08. The van der Waals surface area contributed by atoms with Gasteiger partial charge in [0.2, 0.25) is 0 Å². The van der Waals surface area contributed by atoms with Gasteiger partial charge in [-0.05, 0) is 69.5 Å². The predicted molar refractivity (Wildman–Crippen MR) is 90.2 cm³/mol. The first-order valence-electron chi connectivity index (χ1n) is 7.53. The van der Waals surface area contributed by atoms with Crippen LogP contribution < -0.4 is 10.1 Å². The number of nitrogens with one attached hydrogen (secondary N) is 1. The second kappa shape index (κ2) is 6.66. The molecule has 0 saturated carbocycles. The monoisotopic (exact) mass is 283 g/mol. The minimum absolute atomic E-state index is 0.207. The van der Waals surface area contributed by atoms with Gasteiger partial charge < -0.3 is 10.1 Å². The molecule has 112 valence electrons. The van der Waals surface area contributed by atoms with Crippen molar-refractivity contribution in [3.8, 4) is 5.75 Å². The molecule has 2 aromatic rings. The first-order valence-corrected chi connectivity index (χ1v) is 7.53. The molecule has 0 aliphatic heterocycles. The molecule has 2 nitrogen and oxygen atoms in total. The van der Waals surface area contributed by atoms with Gasteiger partial charge >= 0.3 is 0 Å². The molecule has 0 aromatic heterocycles. The van der Waals surface area contributed by atoms with Gasteiger partial charge in [0.15, 0.2) is 0 Å². The van der Waals surface area contributed by atoms with Gasteiger partial charge in [0.05, 0.1) is 6.10 Å². The molecule has 0 bridgehead atoms. The van der Waals surface area contributed by atoms with E-state index < -0.39 is 0 Å². The molecule has 21 heavy (non-hydrogen) atoms. The summed E-state index contributed by atoms with van der Waals surface area (Å²) in [6.45, 7) is 11.3. The molecule has 0 saturated heterocycles. The second-order valence-electron chi connectivity index (χ2n) is 5.93. The molecule has 2 aromatic carbocycles. The van der Waals surface area contributed by atoms with Gasteiger partial charge in [-0.15, -0.1) is 0 Å². The fourth-order valence-electron chi connectivity index (χ4n) is 2.36. The van der Waals surface area contributed by atoms with Crippen LogP contribution in [0, 0.1) is 20.8 Å². The van der Waals surface area contributed by atoms with Gasteiger partial charge in [-0.1, -0.05) is 23.8 Å². The molecule has 0 atom stereocenters. The predicted octanol–water partition coefficient (Wildman–Crippen LogP) is 5.01. The highest BCUT2D eigenvalue weighted by Gasteiger charge is 2.04. The molecular formula is C19H25NO. The number of aryl methyl sites for hydroxylation is 3. The summed E-state index contributed by atoms with van der Waals surface area (Å²) in [5.41, 5.74) is 6.34. The number of benzene rings is 2. The first kappa shape index (κ1) is 15.4. The molecule has 2 rings (SSSR count). The van der Waals surface area contributed by atoms with Crippen LogP contribution in [-0.4, -0.2) is 6.10 Å².